The number of anilines is 6. The molecule has 4 atom stereocenters. The Labute approximate surface area is 751 Å². The molecular formula is C123H108N2O2. The molecule has 21 rings (SSSR count). The summed E-state index contributed by atoms with van der Waals surface area (Å²) in [6.45, 7) is 27.5. The van der Waals surface area contributed by atoms with Crippen molar-refractivity contribution in [2.45, 2.75) is 135 Å². The molecule has 0 amide bonds. The molecule has 0 fully saturated rings. The van der Waals surface area contributed by atoms with Gasteiger partial charge in [-0.05, 0) is 297 Å². The summed E-state index contributed by atoms with van der Waals surface area (Å²) in [5.74, 6) is 4.36. The summed E-state index contributed by atoms with van der Waals surface area (Å²) in [4.78, 5) is 4.90. The van der Waals surface area contributed by atoms with Crippen molar-refractivity contribution in [1.29, 1.82) is 0 Å². The van der Waals surface area contributed by atoms with Gasteiger partial charge in [-0.2, -0.15) is 0 Å². The van der Waals surface area contributed by atoms with Gasteiger partial charge in [-0.15, -0.1) is 0 Å². The van der Waals surface area contributed by atoms with Crippen LogP contribution in [0.1, 0.15) is 190 Å². The standard InChI is InChI=1S/C63H53NO.C60H55NO/c1-6-43(3)44-24-34-52(35-25-44)65-53-36-28-48(29-37-53)63(47-26-20-42(2)21-27-47)59-19-13-11-17-55(59)57-39-33-51(41-61(57)63)64(49-30-22-46(23-31-49)45-14-8-7-9-15-45)50-32-38-56-54-16-10-12-18-58(54)62(4,5)60(56)40-50;1-8-40(2)41-22-32-48(33-23-41)62-49-34-28-44(29-35-49)60(43-26-24-42(25-27-43)58(3,4)5)55-21-15-13-19-51(55)53-37-31-47(39-57(53)60)61(45-16-10-9-11-17-45)46-30-36-52-50-18-12-14-20-54(50)59(6,7)56(52)38-46/h7-41,43H,6H2,1-5H3;9-40H,8H2,1-7H3. The zero-order valence-electron chi connectivity index (χ0n) is 74.9. The van der Waals surface area contributed by atoms with E-state index in [2.05, 4.69) is 493 Å². The molecule has 17 aromatic carbocycles. The molecule has 0 saturated heterocycles. The third kappa shape index (κ3) is 14.1. The van der Waals surface area contributed by atoms with E-state index in [-0.39, 0.29) is 16.2 Å². The highest BCUT2D eigenvalue weighted by Gasteiger charge is 2.49. The Kier molecular flexibility index (Phi) is 20.8. The minimum Gasteiger partial charge on any atom is -0.457 e. The van der Waals surface area contributed by atoms with Gasteiger partial charge in [0.05, 0.1) is 10.8 Å². The first kappa shape index (κ1) is 81.3. The summed E-state index contributed by atoms with van der Waals surface area (Å²) >= 11 is 0. The molecule has 127 heavy (non-hydrogen) atoms. The Balaban J connectivity index is 0.000000160. The Hall–Kier alpha value is -14.1. The first-order valence-corrected chi connectivity index (χ1v) is 45.5. The van der Waals surface area contributed by atoms with Crippen molar-refractivity contribution < 1.29 is 9.47 Å². The monoisotopic (exact) mass is 1640 g/mol. The van der Waals surface area contributed by atoms with Crippen LogP contribution in [0, 0.1) is 6.92 Å². The second-order valence-electron chi connectivity index (χ2n) is 37.5. The largest absolute Gasteiger partial charge is 0.457 e. The van der Waals surface area contributed by atoms with Crippen LogP contribution in [-0.2, 0) is 27.1 Å². The molecule has 622 valence electrons. The van der Waals surface area contributed by atoms with Crippen molar-refractivity contribution in [2.75, 3.05) is 9.80 Å². The quantitative estimate of drug-likeness (QED) is 0.0806. The maximum atomic E-state index is 6.50. The summed E-state index contributed by atoms with van der Waals surface area (Å²) in [7, 11) is 0. The van der Waals surface area contributed by atoms with E-state index in [1.165, 1.54) is 145 Å². The van der Waals surface area contributed by atoms with E-state index in [1.807, 2.05) is 0 Å². The SMILES string of the molecule is CCC(C)c1ccc(Oc2ccc(C3(c4ccc(C(C)(C)C)cc4)c4ccccc4-c4ccc(N(c5ccccc5)c5ccc6c(c5)C(C)(C)c5ccccc5-6)cc43)cc2)cc1.CCC(C)c1ccc(Oc2ccc(C3(c4ccc(C)cc4)c4ccccc4-c4ccc(N(c5ccc(-c6ccccc6)cc5)c5ccc6c(c5)C(C)(C)c5ccccc5-6)cc43)cc2)cc1. The van der Waals surface area contributed by atoms with Crippen LogP contribution in [0.15, 0.2) is 400 Å². The zero-order chi connectivity index (χ0) is 87.1. The van der Waals surface area contributed by atoms with Gasteiger partial charge in [0.25, 0.3) is 0 Å². The van der Waals surface area contributed by atoms with Gasteiger partial charge in [0.2, 0.25) is 0 Å². The fraction of sp³-hybridized carbons (Fsp3) is 0.171. The smallest absolute Gasteiger partial charge is 0.127 e. The molecule has 0 heterocycles. The lowest BCUT2D eigenvalue weighted by Gasteiger charge is -2.35. The van der Waals surface area contributed by atoms with E-state index >= 15 is 0 Å². The minimum atomic E-state index is -0.601. The topological polar surface area (TPSA) is 24.9 Å². The van der Waals surface area contributed by atoms with Gasteiger partial charge in [-0.1, -0.05) is 361 Å². The summed E-state index contributed by atoms with van der Waals surface area (Å²) in [6, 6.07) is 148. The number of hydrogen-bond donors (Lipinski definition) is 0. The van der Waals surface area contributed by atoms with Crippen LogP contribution >= 0.6 is 0 Å². The molecule has 0 N–H and O–H groups in total. The molecule has 17 aromatic rings. The highest BCUT2D eigenvalue weighted by atomic mass is 16.5. The van der Waals surface area contributed by atoms with Crippen molar-refractivity contribution >= 4 is 34.1 Å². The normalized spacial score (nSPS) is 15.9. The van der Waals surface area contributed by atoms with Crippen LogP contribution in [0.2, 0.25) is 0 Å². The summed E-state index contributed by atoms with van der Waals surface area (Å²) in [5, 5.41) is 0. The van der Waals surface area contributed by atoms with Gasteiger partial charge in [0.15, 0.2) is 0 Å². The second kappa shape index (κ2) is 32.5. The number of rotatable bonds is 19. The van der Waals surface area contributed by atoms with Gasteiger partial charge in [0.1, 0.15) is 23.0 Å². The molecule has 4 heteroatoms. The molecule has 0 spiro atoms. The Morgan fingerprint density at radius 3 is 0.906 bits per heavy atom. The van der Waals surface area contributed by atoms with Crippen molar-refractivity contribution in [3.63, 3.8) is 0 Å². The van der Waals surface area contributed by atoms with Crippen molar-refractivity contribution in [1.82, 2.24) is 0 Å². The van der Waals surface area contributed by atoms with E-state index < -0.39 is 10.8 Å². The second-order valence-corrected chi connectivity index (χ2v) is 37.5. The molecule has 4 aliphatic rings. The Bertz CT molecular complexity index is 6940. The van der Waals surface area contributed by atoms with Gasteiger partial charge in [-0.25, -0.2) is 0 Å². The van der Waals surface area contributed by atoms with E-state index in [0.29, 0.717) is 11.8 Å². The molecule has 0 aliphatic heterocycles. The lowest BCUT2D eigenvalue weighted by Crippen LogP contribution is -2.29. The molecule has 0 bridgehead atoms. The molecular weight excluding hydrogens is 1540 g/mol. The molecule has 4 aliphatic carbocycles. The number of para-hydroxylation sites is 1. The molecule has 0 radical (unpaired) electrons. The maximum absolute atomic E-state index is 6.50. The lowest BCUT2D eigenvalue weighted by molar-refractivity contribution is 0.481. The average molecular weight is 1650 g/mol. The van der Waals surface area contributed by atoms with Crippen LogP contribution in [-0.4, -0.2) is 0 Å². The number of aryl methyl sites for hydroxylation is 1. The van der Waals surface area contributed by atoms with Crippen molar-refractivity contribution in [2.24, 2.45) is 0 Å². The predicted molar refractivity (Wildman–Crippen MR) is 531 cm³/mol. The van der Waals surface area contributed by atoms with Crippen LogP contribution in [0.25, 0.3) is 55.6 Å². The molecule has 4 unspecified atom stereocenters. The summed E-state index contributed by atoms with van der Waals surface area (Å²) < 4.78 is 13.0. The van der Waals surface area contributed by atoms with Crippen molar-refractivity contribution in [3.05, 3.63) is 489 Å². The Morgan fingerprint density at radius 1 is 0.260 bits per heavy atom. The van der Waals surface area contributed by atoms with Crippen LogP contribution in [0.5, 0.6) is 23.0 Å². The van der Waals surface area contributed by atoms with Crippen molar-refractivity contribution in [3.8, 4) is 78.6 Å². The van der Waals surface area contributed by atoms with E-state index in [9.17, 15) is 0 Å². The first-order valence-electron chi connectivity index (χ1n) is 45.5. The average Bonchev–Trinajstić information content (AvgIpc) is 1.54. The van der Waals surface area contributed by atoms with Crippen LogP contribution < -0.4 is 19.3 Å². The number of fused-ring (bicyclic) bond motifs is 12. The zero-order valence-corrected chi connectivity index (χ0v) is 74.9. The van der Waals surface area contributed by atoms with Gasteiger partial charge < -0.3 is 19.3 Å². The lowest BCUT2D eigenvalue weighted by atomic mass is 9.67. The molecule has 0 aromatic heterocycles. The highest BCUT2D eigenvalue weighted by Crippen LogP contribution is 2.62. The highest BCUT2D eigenvalue weighted by molar-refractivity contribution is 5.94. The first-order chi connectivity index (χ1) is 61.7. The van der Waals surface area contributed by atoms with E-state index in [0.717, 1.165) is 70.0 Å². The maximum Gasteiger partial charge on any atom is 0.127 e. The van der Waals surface area contributed by atoms with Crippen LogP contribution in [0.3, 0.4) is 0 Å². The number of hydrogen-bond acceptors (Lipinski definition) is 4. The van der Waals surface area contributed by atoms with E-state index in [1.54, 1.807) is 0 Å². The fourth-order valence-corrected chi connectivity index (χ4v) is 21.0. The molecule has 4 nitrogen and oxygen atoms in total. The molecule has 0 saturated carbocycles. The number of nitrogens with zero attached hydrogens (tertiary/aromatic N) is 2. The Morgan fingerprint density at radius 2 is 0.535 bits per heavy atom. The summed E-state index contributed by atoms with van der Waals surface area (Å²) in [6.07, 6.45) is 2.22. The van der Waals surface area contributed by atoms with Crippen LogP contribution in [0.4, 0.5) is 34.1 Å². The minimum absolute atomic E-state index is 0.0259. The van der Waals surface area contributed by atoms with Gasteiger partial charge in [-0.3, -0.25) is 0 Å². The number of benzene rings is 17. The predicted octanol–water partition coefficient (Wildman–Crippen LogP) is 33.5. The van der Waals surface area contributed by atoms with E-state index in [4.69, 9.17) is 9.47 Å². The third-order valence-corrected chi connectivity index (χ3v) is 28.3. The fourth-order valence-electron chi connectivity index (χ4n) is 21.0. The summed E-state index contributed by atoms with van der Waals surface area (Å²) in [5.41, 5.74) is 38.6. The van der Waals surface area contributed by atoms with Gasteiger partial charge in [0, 0.05) is 45.0 Å². The third-order valence-electron chi connectivity index (χ3n) is 28.3. The van der Waals surface area contributed by atoms with Gasteiger partial charge >= 0.3 is 0 Å². The number of ether oxygens (including phenoxy) is 2.